The van der Waals surface area contributed by atoms with Crippen LogP contribution in [0.2, 0.25) is 0 Å². The molecule has 4 heteroatoms. The van der Waals surface area contributed by atoms with Crippen LogP contribution < -0.4 is 0 Å². The summed E-state index contributed by atoms with van der Waals surface area (Å²) in [7, 11) is 4.05. The van der Waals surface area contributed by atoms with Crippen LogP contribution in [0.3, 0.4) is 0 Å². The second-order valence-electron chi connectivity index (χ2n) is 5.63. The SMILES string of the molecule is CCC(CC)N(CCO)C(=O)c1ccc(CN(C)C)cc1. The summed E-state index contributed by atoms with van der Waals surface area (Å²) in [6.07, 6.45) is 1.81. The summed E-state index contributed by atoms with van der Waals surface area (Å²) in [6, 6.07) is 7.95. The van der Waals surface area contributed by atoms with E-state index in [1.807, 2.05) is 38.4 Å². The minimum absolute atomic E-state index is 0.000945. The van der Waals surface area contributed by atoms with E-state index in [-0.39, 0.29) is 18.6 Å². The average molecular weight is 292 g/mol. The van der Waals surface area contributed by atoms with Gasteiger partial charge in [-0.3, -0.25) is 4.79 Å². The monoisotopic (exact) mass is 292 g/mol. The molecule has 1 amide bonds. The Bertz CT molecular complexity index is 425. The van der Waals surface area contributed by atoms with Gasteiger partial charge in [0.2, 0.25) is 0 Å². The lowest BCUT2D eigenvalue weighted by Gasteiger charge is -2.30. The third-order valence-corrected chi connectivity index (χ3v) is 3.68. The number of hydrogen-bond acceptors (Lipinski definition) is 3. The summed E-state index contributed by atoms with van der Waals surface area (Å²) >= 11 is 0. The molecule has 0 aromatic heterocycles. The molecular weight excluding hydrogens is 264 g/mol. The van der Waals surface area contributed by atoms with Crippen molar-refractivity contribution in [2.24, 2.45) is 0 Å². The topological polar surface area (TPSA) is 43.8 Å². The summed E-state index contributed by atoms with van der Waals surface area (Å²) in [5.41, 5.74) is 1.88. The molecule has 1 aromatic rings. The fourth-order valence-electron chi connectivity index (χ4n) is 2.57. The highest BCUT2D eigenvalue weighted by Gasteiger charge is 2.21. The zero-order valence-electron chi connectivity index (χ0n) is 13.7. The highest BCUT2D eigenvalue weighted by molar-refractivity contribution is 5.94. The predicted octanol–water partition coefficient (Wildman–Crippen LogP) is 2.37. The van der Waals surface area contributed by atoms with Crippen LogP contribution in [-0.2, 0) is 6.54 Å². The standard InChI is InChI=1S/C17H28N2O2/c1-5-16(6-2)19(11-12-20)17(21)15-9-7-14(8-10-15)13-18(3)4/h7-10,16,20H,5-6,11-13H2,1-4H3. The molecule has 0 bridgehead atoms. The molecule has 0 spiro atoms. The van der Waals surface area contributed by atoms with Gasteiger partial charge >= 0.3 is 0 Å². The quantitative estimate of drug-likeness (QED) is 0.800. The van der Waals surface area contributed by atoms with Crippen molar-refractivity contribution >= 4 is 5.91 Å². The maximum Gasteiger partial charge on any atom is 0.254 e. The Labute approximate surface area is 128 Å². The largest absolute Gasteiger partial charge is 0.395 e. The third-order valence-electron chi connectivity index (χ3n) is 3.68. The van der Waals surface area contributed by atoms with Crippen molar-refractivity contribution in [3.05, 3.63) is 35.4 Å². The van der Waals surface area contributed by atoms with Crippen molar-refractivity contribution in [3.63, 3.8) is 0 Å². The van der Waals surface area contributed by atoms with Crippen LogP contribution in [0.15, 0.2) is 24.3 Å². The maximum absolute atomic E-state index is 12.6. The van der Waals surface area contributed by atoms with Gasteiger partial charge in [0, 0.05) is 24.7 Å². The summed E-state index contributed by atoms with van der Waals surface area (Å²) in [5.74, 6) is 0.00848. The Hall–Kier alpha value is -1.39. The van der Waals surface area contributed by atoms with Gasteiger partial charge < -0.3 is 14.9 Å². The molecule has 1 N–H and O–H groups in total. The van der Waals surface area contributed by atoms with E-state index in [2.05, 4.69) is 18.7 Å². The Morgan fingerprint density at radius 1 is 1.14 bits per heavy atom. The van der Waals surface area contributed by atoms with Crippen molar-refractivity contribution in [1.82, 2.24) is 9.80 Å². The molecule has 0 fully saturated rings. The lowest BCUT2D eigenvalue weighted by Crippen LogP contribution is -2.41. The Morgan fingerprint density at radius 2 is 1.71 bits per heavy atom. The van der Waals surface area contributed by atoms with Crippen LogP contribution in [0, 0.1) is 0 Å². The number of hydrogen-bond donors (Lipinski definition) is 1. The molecule has 0 radical (unpaired) electrons. The number of carbonyl (C=O) groups is 1. The number of amides is 1. The molecule has 0 saturated heterocycles. The zero-order chi connectivity index (χ0) is 15.8. The van der Waals surface area contributed by atoms with Crippen LogP contribution in [0.1, 0.15) is 42.6 Å². The number of carbonyl (C=O) groups excluding carboxylic acids is 1. The second kappa shape index (κ2) is 8.80. The highest BCUT2D eigenvalue weighted by atomic mass is 16.3. The van der Waals surface area contributed by atoms with E-state index in [0.29, 0.717) is 12.1 Å². The lowest BCUT2D eigenvalue weighted by atomic mass is 10.1. The van der Waals surface area contributed by atoms with Gasteiger partial charge in [-0.2, -0.15) is 0 Å². The van der Waals surface area contributed by atoms with Crippen molar-refractivity contribution in [1.29, 1.82) is 0 Å². The van der Waals surface area contributed by atoms with Crippen LogP contribution in [0.4, 0.5) is 0 Å². The first-order valence-corrected chi connectivity index (χ1v) is 7.68. The first-order valence-electron chi connectivity index (χ1n) is 7.68. The zero-order valence-corrected chi connectivity index (χ0v) is 13.7. The third kappa shape index (κ3) is 5.14. The summed E-state index contributed by atoms with van der Waals surface area (Å²) in [6.45, 7) is 5.41. The van der Waals surface area contributed by atoms with Gasteiger partial charge in [0.25, 0.3) is 5.91 Å². The Kier molecular flexibility index (Phi) is 7.40. The first kappa shape index (κ1) is 17.7. The molecule has 0 aliphatic heterocycles. The first-order chi connectivity index (χ1) is 10.0. The number of benzene rings is 1. The van der Waals surface area contributed by atoms with E-state index in [9.17, 15) is 9.90 Å². The molecular formula is C17H28N2O2. The summed E-state index contributed by atoms with van der Waals surface area (Å²) in [4.78, 5) is 16.5. The van der Waals surface area contributed by atoms with E-state index in [0.717, 1.165) is 19.4 Å². The number of rotatable bonds is 8. The number of nitrogens with zero attached hydrogens (tertiary/aromatic N) is 2. The average Bonchev–Trinajstić information content (AvgIpc) is 2.47. The molecule has 1 aromatic carbocycles. The fourth-order valence-corrected chi connectivity index (χ4v) is 2.57. The van der Waals surface area contributed by atoms with Gasteiger partial charge in [0.1, 0.15) is 0 Å². The van der Waals surface area contributed by atoms with E-state index < -0.39 is 0 Å². The highest BCUT2D eigenvalue weighted by Crippen LogP contribution is 2.14. The van der Waals surface area contributed by atoms with E-state index in [1.165, 1.54) is 5.56 Å². The number of aliphatic hydroxyl groups is 1. The minimum Gasteiger partial charge on any atom is -0.395 e. The van der Waals surface area contributed by atoms with Gasteiger partial charge in [0.05, 0.1) is 6.61 Å². The lowest BCUT2D eigenvalue weighted by molar-refractivity contribution is 0.0622. The molecule has 1 rings (SSSR count). The molecule has 0 aliphatic carbocycles. The molecule has 0 saturated carbocycles. The minimum atomic E-state index is 0.000945. The van der Waals surface area contributed by atoms with Crippen LogP contribution >= 0.6 is 0 Å². The van der Waals surface area contributed by atoms with Crippen molar-refractivity contribution in [3.8, 4) is 0 Å². The van der Waals surface area contributed by atoms with Crippen LogP contribution in [-0.4, -0.2) is 54.1 Å². The van der Waals surface area contributed by atoms with Crippen LogP contribution in [0.25, 0.3) is 0 Å². The van der Waals surface area contributed by atoms with Crippen molar-refractivity contribution < 1.29 is 9.90 Å². The summed E-state index contributed by atoms with van der Waals surface area (Å²) in [5, 5.41) is 9.22. The van der Waals surface area contributed by atoms with Crippen LogP contribution in [0.5, 0.6) is 0 Å². The molecule has 21 heavy (non-hydrogen) atoms. The van der Waals surface area contributed by atoms with Crippen molar-refractivity contribution in [2.45, 2.75) is 39.3 Å². The van der Waals surface area contributed by atoms with Crippen molar-refractivity contribution in [2.75, 3.05) is 27.2 Å². The number of aliphatic hydroxyl groups excluding tert-OH is 1. The van der Waals surface area contributed by atoms with Gasteiger partial charge in [-0.15, -0.1) is 0 Å². The van der Waals surface area contributed by atoms with Gasteiger partial charge in [-0.25, -0.2) is 0 Å². The smallest absolute Gasteiger partial charge is 0.254 e. The molecule has 0 aliphatic rings. The van der Waals surface area contributed by atoms with E-state index in [4.69, 9.17) is 0 Å². The Morgan fingerprint density at radius 3 is 2.14 bits per heavy atom. The Balaban J connectivity index is 2.88. The van der Waals surface area contributed by atoms with Gasteiger partial charge in [-0.05, 0) is 44.6 Å². The molecule has 118 valence electrons. The normalized spacial score (nSPS) is 11.2. The van der Waals surface area contributed by atoms with E-state index in [1.54, 1.807) is 4.90 Å². The van der Waals surface area contributed by atoms with E-state index >= 15 is 0 Å². The molecule has 4 nitrogen and oxygen atoms in total. The van der Waals surface area contributed by atoms with Gasteiger partial charge in [-0.1, -0.05) is 26.0 Å². The molecule has 0 unspecified atom stereocenters. The second-order valence-corrected chi connectivity index (χ2v) is 5.63. The maximum atomic E-state index is 12.6. The summed E-state index contributed by atoms with van der Waals surface area (Å²) < 4.78 is 0. The molecule has 0 heterocycles. The molecule has 0 atom stereocenters. The predicted molar refractivity (Wildman–Crippen MR) is 86.3 cm³/mol. The fraction of sp³-hybridized carbons (Fsp3) is 0.588. The van der Waals surface area contributed by atoms with Gasteiger partial charge in [0.15, 0.2) is 0 Å².